The van der Waals surface area contributed by atoms with Gasteiger partial charge in [0.15, 0.2) is 5.82 Å². The second kappa shape index (κ2) is 5.38. The van der Waals surface area contributed by atoms with Crippen molar-refractivity contribution in [1.29, 1.82) is 0 Å². The average molecular weight is 286 g/mol. The summed E-state index contributed by atoms with van der Waals surface area (Å²) in [6.45, 7) is 1.95. The summed E-state index contributed by atoms with van der Waals surface area (Å²) in [5.41, 5.74) is 2.85. The molecule has 1 aromatic carbocycles. The third-order valence-corrected chi connectivity index (χ3v) is 3.21. The van der Waals surface area contributed by atoms with Crippen LogP contribution in [-0.2, 0) is 5.88 Å². The number of hydrogen-bond acceptors (Lipinski definition) is 4. The molecule has 0 bridgehead atoms. The van der Waals surface area contributed by atoms with Gasteiger partial charge in [-0.15, -0.1) is 26.6 Å². The summed E-state index contributed by atoms with van der Waals surface area (Å²) in [6, 6.07) is 11.7. The molecule has 3 rings (SSSR count). The Balaban J connectivity index is 1.98. The predicted molar refractivity (Wildman–Crippen MR) is 76.7 cm³/mol. The molecule has 2 aromatic heterocycles. The van der Waals surface area contributed by atoms with E-state index >= 15 is 0 Å². The molecule has 100 valence electrons. The summed E-state index contributed by atoms with van der Waals surface area (Å²) >= 11 is 5.79. The van der Waals surface area contributed by atoms with Crippen molar-refractivity contribution >= 4 is 11.6 Å². The minimum Gasteiger partial charge on any atom is -0.235 e. The van der Waals surface area contributed by atoms with E-state index in [-0.39, 0.29) is 0 Å². The van der Waals surface area contributed by atoms with Crippen molar-refractivity contribution in [3.8, 4) is 17.2 Å². The molecular weight excluding hydrogens is 274 g/mol. The van der Waals surface area contributed by atoms with Crippen LogP contribution in [-0.4, -0.2) is 25.2 Å². The van der Waals surface area contributed by atoms with Crippen LogP contribution in [0.2, 0.25) is 0 Å². The van der Waals surface area contributed by atoms with Gasteiger partial charge in [-0.1, -0.05) is 30.3 Å². The Morgan fingerprint density at radius 1 is 1.20 bits per heavy atom. The van der Waals surface area contributed by atoms with Crippen molar-refractivity contribution in [3.05, 3.63) is 53.7 Å². The molecule has 2 heterocycles. The van der Waals surface area contributed by atoms with E-state index in [0.717, 1.165) is 16.7 Å². The summed E-state index contributed by atoms with van der Waals surface area (Å²) in [5, 5.41) is 12.5. The van der Waals surface area contributed by atoms with Crippen LogP contribution in [0, 0.1) is 6.92 Å². The zero-order valence-corrected chi connectivity index (χ0v) is 11.6. The Kier molecular flexibility index (Phi) is 3.43. The van der Waals surface area contributed by atoms with Crippen LogP contribution in [0.25, 0.3) is 17.2 Å². The molecule has 0 saturated carbocycles. The van der Waals surface area contributed by atoms with Crippen molar-refractivity contribution in [2.45, 2.75) is 12.8 Å². The molecule has 0 aliphatic carbocycles. The third-order valence-electron chi connectivity index (χ3n) is 2.90. The van der Waals surface area contributed by atoms with Crippen molar-refractivity contribution in [2.75, 3.05) is 0 Å². The van der Waals surface area contributed by atoms with Crippen LogP contribution >= 0.6 is 11.6 Å². The Hall–Kier alpha value is -2.27. The molecule has 0 fully saturated rings. The Morgan fingerprint density at radius 2 is 2.00 bits per heavy atom. The smallest absolute Gasteiger partial charge is 0.205 e. The number of aryl methyl sites for hydroxylation is 1. The zero-order chi connectivity index (χ0) is 13.9. The molecule has 20 heavy (non-hydrogen) atoms. The predicted octanol–water partition coefficient (Wildman–Crippen LogP) is 2.77. The second-order valence-electron chi connectivity index (χ2n) is 4.39. The van der Waals surface area contributed by atoms with Crippen LogP contribution in [0.3, 0.4) is 0 Å². The van der Waals surface area contributed by atoms with E-state index < -0.39 is 0 Å². The molecule has 0 atom stereocenters. The van der Waals surface area contributed by atoms with E-state index in [9.17, 15) is 0 Å². The number of pyridine rings is 1. The van der Waals surface area contributed by atoms with Crippen molar-refractivity contribution in [2.24, 2.45) is 0 Å². The van der Waals surface area contributed by atoms with Crippen LogP contribution < -0.4 is 0 Å². The summed E-state index contributed by atoms with van der Waals surface area (Å²) < 4.78 is 0. The highest BCUT2D eigenvalue weighted by Crippen LogP contribution is 2.15. The maximum atomic E-state index is 5.79. The molecule has 0 spiro atoms. The number of halogens is 1. The first-order valence-corrected chi connectivity index (χ1v) is 6.68. The lowest BCUT2D eigenvalue weighted by molar-refractivity contribution is 0.695. The van der Waals surface area contributed by atoms with Gasteiger partial charge >= 0.3 is 0 Å². The number of aromatic nitrogens is 5. The fourth-order valence-electron chi connectivity index (χ4n) is 1.92. The fraction of sp³-hybridized carbons (Fsp3) is 0.143. The topological polar surface area (TPSA) is 56.5 Å². The average Bonchev–Trinajstić information content (AvgIpc) is 2.97. The molecule has 0 unspecified atom stereocenters. The molecule has 0 radical (unpaired) electrons. The number of nitrogens with zero attached hydrogens (tertiary/aromatic N) is 5. The lowest BCUT2D eigenvalue weighted by Crippen LogP contribution is -2.05. The zero-order valence-electron chi connectivity index (χ0n) is 10.9. The van der Waals surface area contributed by atoms with Crippen molar-refractivity contribution < 1.29 is 0 Å². The van der Waals surface area contributed by atoms with Gasteiger partial charge < -0.3 is 0 Å². The highest BCUT2D eigenvalue weighted by atomic mass is 35.5. The van der Waals surface area contributed by atoms with Crippen molar-refractivity contribution in [1.82, 2.24) is 25.2 Å². The van der Waals surface area contributed by atoms with Gasteiger partial charge in [0, 0.05) is 17.6 Å². The van der Waals surface area contributed by atoms with Gasteiger partial charge in [0.25, 0.3) is 0 Å². The highest BCUT2D eigenvalue weighted by Gasteiger charge is 2.10. The molecule has 0 aliphatic heterocycles. The van der Waals surface area contributed by atoms with Gasteiger partial charge in [0.05, 0.1) is 0 Å². The number of benzene rings is 1. The first kappa shape index (κ1) is 12.7. The lowest BCUT2D eigenvalue weighted by Gasteiger charge is -2.03. The van der Waals surface area contributed by atoms with E-state index in [1.165, 1.54) is 4.80 Å². The molecule has 0 N–H and O–H groups in total. The van der Waals surface area contributed by atoms with Gasteiger partial charge in [-0.05, 0) is 29.3 Å². The quantitative estimate of drug-likeness (QED) is 0.694. The largest absolute Gasteiger partial charge is 0.235 e. The number of hydrogen-bond donors (Lipinski definition) is 0. The monoisotopic (exact) mass is 285 g/mol. The Morgan fingerprint density at radius 3 is 2.70 bits per heavy atom. The van der Waals surface area contributed by atoms with Gasteiger partial charge in [-0.25, -0.2) is 4.98 Å². The van der Waals surface area contributed by atoms with Crippen molar-refractivity contribution in [3.63, 3.8) is 0 Å². The summed E-state index contributed by atoms with van der Waals surface area (Å²) in [7, 11) is 0. The Labute approximate surface area is 121 Å². The van der Waals surface area contributed by atoms with Gasteiger partial charge in [0.2, 0.25) is 5.82 Å². The molecule has 0 aliphatic rings. The van der Waals surface area contributed by atoms with E-state index in [0.29, 0.717) is 17.5 Å². The van der Waals surface area contributed by atoms with E-state index in [1.807, 2.05) is 43.3 Å². The molecule has 6 heteroatoms. The van der Waals surface area contributed by atoms with E-state index in [1.54, 1.807) is 6.20 Å². The molecule has 5 nitrogen and oxygen atoms in total. The summed E-state index contributed by atoms with van der Waals surface area (Å²) in [4.78, 5) is 5.78. The maximum absolute atomic E-state index is 5.79. The number of tetrazole rings is 1. The van der Waals surface area contributed by atoms with Gasteiger partial charge in [-0.3, -0.25) is 0 Å². The normalized spacial score (nSPS) is 10.7. The standard InChI is InChI=1S/C14H12ClN5/c1-10-7-11(8-15)9-16-14(10)20-18-13(17-19-20)12-5-3-2-4-6-12/h2-7,9H,8H2,1H3. The number of rotatable bonds is 3. The second-order valence-corrected chi connectivity index (χ2v) is 4.65. The molecule has 3 aromatic rings. The fourth-order valence-corrected chi connectivity index (χ4v) is 2.06. The minimum absolute atomic E-state index is 0.439. The highest BCUT2D eigenvalue weighted by molar-refractivity contribution is 6.17. The van der Waals surface area contributed by atoms with E-state index in [2.05, 4.69) is 20.4 Å². The van der Waals surface area contributed by atoms with Crippen LogP contribution in [0.1, 0.15) is 11.1 Å². The van der Waals surface area contributed by atoms with Crippen LogP contribution in [0.4, 0.5) is 0 Å². The lowest BCUT2D eigenvalue weighted by atomic mass is 10.2. The van der Waals surface area contributed by atoms with Crippen LogP contribution in [0.5, 0.6) is 0 Å². The first-order valence-electron chi connectivity index (χ1n) is 6.15. The number of alkyl halides is 1. The SMILES string of the molecule is Cc1cc(CCl)cnc1-n1nnc(-c2ccccc2)n1. The maximum Gasteiger partial charge on any atom is 0.205 e. The first-order chi connectivity index (χ1) is 9.78. The molecular formula is C14H12ClN5. The molecule has 0 saturated heterocycles. The third kappa shape index (κ3) is 2.40. The summed E-state index contributed by atoms with van der Waals surface area (Å²) in [5.74, 6) is 1.68. The minimum atomic E-state index is 0.439. The van der Waals surface area contributed by atoms with Gasteiger partial charge in [-0.2, -0.15) is 0 Å². The van der Waals surface area contributed by atoms with Gasteiger partial charge in [0.1, 0.15) is 0 Å². The summed E-state index contributed by atoms with van der Waals surface area (Å²) in [6.07, 6.45) is 1.72. The Bertz CT molecular complexity index is 723. The van der Waals surface area contributed by atoms with E-state index in [4.69, 9.17) is 11.6 Å². The van der Waals surface area contributed by atoms with Crippen LogP contribution in [0.15, 0.2) is 42.6 Å². The molecule has 0 amide bonds.